The molecule has 0 N–H and O–H groups in total. The molecule has 0 bridgehead atoms. The molecular formula is C32H38Cl2F3N3O4. The highest BCUT2D eigenvalue weighted by atomic mass is 35.5. The van der Waals surface area contributed by atoms with Gasteiger partial charge >= 0.3 is 12.1 Å². The third-order valence-electron chi connectivity index (χ3n) is 10.3. The highest BCUT2D eigenvalue weighted by Gasteiger charge is 2.63. The van der Waals surface area contributed by atoms with Gasteiger partial charge in [0, 0.05) is 6.04 Å². The maximum absolute atomic E-state index is 14.7. The van der Waals surface area contributed by atoms with E-state index in [0.717, 1.165) is 10.9 Å². The number of aromatic nitrogens is 2. The van der Waals surface area contributed by atoms with Crippen LogP contribution in [-0.2, 0) is 15.7 Å². The van der Waals surface area contributed by atoms with E-state index in [0.29, 0.717) is 36.7 Å². The van der Waals surface area contributed by atoms with E-state index in [9.17, 15) is 27.6 Å². The van der Waals surface area contributed by atoms with Crippen LogP contribution in [-0.4, -0.2) is 51.5 Å². The Morgan fingerprint density at radius 2 is 1.77 bits per heavy atom. The molecule has 5 rings (SSSR count). The molecule has 0 spiro atoms. The molecule has 1 aromatic heterocycles. The molecule has 1 aromatic carbocycles. The summed E-state index contributed by atoms with van der Waals surface area (Å²) in [6, 6.07) is 2.14. The second-order valence-electron chi connectivity index (χ2n) is 13.2. The summed E-state index contributed by atoms with van der Waals surface area (Å²) in [4.78, 5) is 41.4. The summed E-state index contributed by atoms with van der Waals surface area (Å²) >= 11 is 12.8. The molecule has 0 radical (unpaired) electrons. The maximum atomic E-state index is 14.7. The summed E-state index contributed by atoms with van der Waals surface area (Å²) < 4.78 is 50.3. The van der Waals surface area contributed by atoms with Gasteiger partial charge in [-0.2, -0.15) is 18.3 Å². The molecule has 3 aliphatic rings. The van der Waals surface area contributed by atoms with Gasteiger partial charge in [0.05, 0.1) is 52.5 Å². The topological polar surface area (TPSA) is 81.5 Å². The molecule has 44 heavy (non-hydrogen) atoms. The van der Waals surface area contributed by atoms with E-state index in [1.54, 1.807) is 26.0 Å². The molecule has 0 saturated heterocycles. The third-order valence-corrected chi connectivity index (χ3v) is 11.1. The number of esters is 1. The second-order valence-corrected chi connectivity index (χ2v) is 14.0. The predicted octanol–water partition coefficient (Wildman–Crippen LogP) is 7.82. The fraction of sp³-hybridized carbons (Fsp3) is 0.625. The molecule has 12 heteroatoms. The number of ether oxygens (including phenoxy) is 1. The van der Waals surface area contributed by atoms with Crippen molar-refractivity contribution in [3.05, 3.63) is 50.8 Å². The van der Waals surface area contributed by atoms with Crippen molar-refractivity contribution >= 4 is 40.9 Å². The monoisotopic (exact) mass is 655 g/mol. The SMILES string of the molecule is CCOC(=O)[C@H]1CC[C@H](n2ncc(C(=O)N(CC(=O)c3c(Cl)ccc(C)c3Cl)[C@H]3C[C@@H]4[C@H](C3)C4(C)C)c2C(F)(F)F)C[C@H]1C. The van der Waals surface area contributed by atoms with Gasteiger partial charge in [-0.05, 0) is 80.8 Å². The molecule has 1 heterocycles. The Kier molecular flexibility index (Phi) is 8.92. The van der Waals surface area contributed by atoms with Crippen LogP contribution in [0.5, 0.6) is 0 Å². The maximum Gasteiger partial charge on any atom is 0.433 e. The van der Waals surface area contributed by atoms with Crippen molar-refractivity contribution in [3.8, 4) is 0 Å². The third kappa shape index (κ3) is 5.88. The minimum absolute atomic E-state index is 0.0497. The van der Waals surface area contributed by atoms with E-state index >= 15 is 0 Å². The molecule has 3 fully saturated rings. The molecule has 2 aromatic rings. The number of halogens is 5. The standard InChI is InChI=1S/C32H38Cl2F3N3O4/c1-6-44-30(43)20-9-8-18(11-17(20)3)40-28(32(35,36)37)21(14-38-40)29(42)39(19-12-22-23(13-19)31(22,4)5)15-25(41)26-24(33)10-7-16(2)27(26)34/h7,10,14,17-20,22-23H,6,8-9,11-13,15H2,1-5H3/t17-,18+,19-,20+,22+,23-/m1/s1. The van der Waals surface area contributed by atoms with Crippen molar-refractivity contribution < 1.29 is 32.3 Å². The van der Waals surface area contributed by atoms with E-state index in [1.807, 2.05) is 6.92 Å². The molecule has 0 unspecified atom stereocenters. The van der Waals surface area contributed by atoms with E-state index in [2.05, 4.69) is 18.9 Å². The number of benzene rings is 1. The molecule has 1 amide bonds. The first kappa shape index (κ1) is 32.8. The highest BCUT2D eigenvalue weighted by molar-refractivity contribution is 6.40. The largest absolute Gasteiger partial charge is 0.466 e. The number of Topliss-reactive ketones (excluding diaryl/α,β-unsaturated/α-hetero) is 1. The zero-order valence-corrected chi connectivity index (χ0v) is 27.0. The summed E-state index contributed by atoms with van der Waals surface area (Å²) in [6.07, 6.45) is -1.83. The van der Waals surface area contributed by atoms with E-state index in [1.165, 1.54) is 4.90 Å². The molecule has 6 atom stereocenters. The van der Waals surface area contributed by atoms with Gasteiger partial charge < -0.3 is 9.64 Å². The average molecular weight is 657 g/mol. The number of rotatable bonds is 8. The van der Waals surface area contributed by atoms with Gasteiger partial charge in [-0.15, -0.1) is 0 Å². The van der Waals surface area contributed by atoms with E-state index < -0.39 is 53.7 Å². The van der Waals surface area contributed by atoms with Gasteiger partial charge in [-0.25, -0.2) is 0 Å². The summed E-state index contributed by atoms with van der Waals surface area (Å²) in [5.41, 5.74) is -0.963. The Morgan fingerprint density at radius 1 is 1.11 bits per heavy atom. The zero-order valence-electron chi connectivity index (χ0n) is 25.5. The first-order valence-electron chi connectivity index (χ1n) is 15.2. The van der Waals surface area contributed by atoms with Gasteiger partial charge in [0.2, 0.25) is 0 Å². The van der Waals surface area contributed by atoms with Crippen LogP contribution in [0.2, 0.25) is 10.0 Å². The van der Waals surface area contributed by atoms with Gasteiger partial charge in [-0.1, -0.05) is 50.0 Å². The number of hydrogen-bond donors (Lipinski definition) is 0. The Labute approximate surface area is 265 Å². The minimum Gasteiger partial charge on any atom is -0.466 e. The molecule has 7 nitrogen and oxygen atoms in total. The molecular weight excluding hydrogens is 618 g/mol. The van der Waals surface area contributed by atoms with E-state index in [4.69, 9.17) is 27.9 Å². The minimum atomic E-state index is -4.89. The zero-order chi connectivity index (χ0) is 32.3. The van der Waals surface area contributed by atoms with Crippen molar-refractivity contribution in [2.45, 2.75) is 85.0 Å². The number of carbonyl (C=O) groups excluding carboxylic acids is 3. The Morgan fingerprint density at radius 3 is 2.36 bits per heavy atom. The normalized spacial score (nSPS) is 27.5. The van der Waals surface area contributed by atoms with Crippen molar-refractivity contribution in [2.75, 3.05) is 13.2 Å². The van der Waals surface area contributed by atoms with Crippen LogP contribution in [0.3, 0.4) is 0 Å². The van der Waals surface area contributed by atoms with Crippen LogP contribution >= 0.6 is 23.2 Å². The van der Waals surface area contributed by atoms with Crippen molar-refractivity contribution in [1.82, 2.24) is 14.7 Å². The number of hydrogen-bond acceptors (Lipinski definition) is 5. The van der Waals surface area contributed by atoms with Crippen LogP contribution < -0.4 is 0 Å². The number of amides is 1. The summed E-state index contributed by atoms with van der Waals surface area (Å²) in [6.45, 7) is 9.31. The fourth-order valence-corrected chi connectivity index (χ4v) is 8.25. The highest BCUT2D eigenvalue weighted by Crippen LogP contribution is 2.67. The summed E-state index contributed by atoms with van der Waals surface area (Å²) in [5.74, 6) is -1.77. The van der Waals surface area contributed by atoms with Crippen LogP contribution in [0.4, 0.5) is 13.2 Å². The Bertz CT molecular complexity index is 1460. The first-order valence-corrected chi connectivity index (χ1v) is 15.9. The second kappa shape index (κ2) is 12.0. The first-order chi connectivity index (χ1) is 20.6. The molecule has 3 aliphatic carbocycles. The number of alkyl halides is 3. The van der Waals surface area contributed by atoms with Crippen LogP contribution in [0, 0.1) is 36.0 Å². The number of nitrogens with zero attached hydrogens (tertiary/aromatic N) is 3. The van der Waals surface area contributed by atoms with Gasteiger partial charge in [0.1, 0.15) is 0 Å². The lowest BCUT2D eigenvalue weighted by molar-refractivity contribution is -0.153. The van der Waals surface area contributed by atoms with Crippen molar-refractivity contribution in [2.24, 2.45) is 29.1 Å². The van der Waals surface area contributed by atoms with Gasteiger partial charge in [0.15, 0.2) is 11.5 Å². The fourth-order valence-electron chi connectivity index (χ4n) is 7.67. The smallest absolute Gasteiger partial charge is 0.433 e. The molecule has 3 saturated carbocycles. The van der Waals surface area contributed by atoms with Crippen LogP contribution in [0.15, 0.2) is 18.3 Å². The average Bonchev–Trinajstić information content (AvgIpc) is 3.37. The lowest BCUT2D eigenvalue weighted by Gasteiger charge is -2.34. The van der Waals surface area contributed by atoms with Crippen LogP contribution in [0.1, 0.15) is 97.8 Å². The summed E-state index contributed by atoms with van der Waals surface area (Å²) in [5, 5.41) is 4.38. The predicted molar refractivity (Wildman–Crippen MR) is 160 cm³/mol. The number of aryl methyl sites for hydroxylation is 1. The van der Waals surface area contributed by atoms with Crippen LogP contribution in [0.25, 0.3) is 0 Å². The lowest BCUT2D eigenvalue weighted by atomic mass is 9.78. The number of carbonyl (C=O) groups is 3. The number of ketones is 1. The summed E-state index contributed by atoms with van der Waals surface area (Å²) in [7, 11) is 0. The quantitative estimate of drug-likeness (QED) is 0.214. The van der Waals surface area contributed by atoms with Crippen molar-refractivity contribution in [1.29, 1.82) is 0 Å². The Balaban J connectivity index is 1.47. The number of fused-ring (bicyclic) bond motifs is 1. The molecule has 0 aliphatic heterocycles. The van der Waals surface area contributed by atoms with Crippen molar-refractivity contribution in [3.63, 3.8) is 0 Å². The molecule has 240 valence electrons. The lowest BCUT2D eigenvalue weighted by Crippen LogP contribution is -2.44. The van der Waals surface area contributed by atoms with Gasteiger partial charge in [0.25, 0.3) is 5.91 Å². The van der Waals surface area contributed by atoms with Gasteiger partial charge in [-0.3, -0.25) is 19.1 Å². The van der Waals surface area contributed by atoms with E-state index in [-0.39, 0.29) is 52.4 Å². The Hall–Kier alpha value is -2.59.